The minimum absolute atomic E-state index is 0.611. The Hall–Kier alpha value is -2.88. The maximum absolute atomic E-state index is 5.78. The van der Waals surface area contributed by atoms with E-state index in [0.29, 0.717) is 6.61 Å². The number of benzene rings is 3. The predicted octanol–water partition coefficient (Wildman–Crippen LogP) is 3.72. The fourth-order valence-electron chi connectivity index (χ4n) is 2.70. The van der Waals surface area contributed by atoms with Crippen molar-refractivity contribution in [2.24, 2.45) is 5.11 Å². The second kappa shape index (κ2) is 5.15. The Labute approximate surface area is 127 Å². The molecule has 3 aromatic carbocycles. The zero-order chi connectivity index (χ0) is 14.9. The van der Waals surface area contributed by atoms with Gasteiger partial charge in [-0.25, -0.2) is 0 Å². The lowest BCUT2D eigenvalue weighted by molar-refractivity contribution is -0.581. The second-order valence-corrected chi connectivity index (χ2v) is 5.05. The van der Waals surface area contributed by atoms with Crippen molar-refractivity contribution in [3.8, 4) is 5.75 Å². The molecule has 4 rings (SSSR count). The molecule has 0 radical (unpaired) electrons. The zero-order valence-corrected chi connectivity index (χ0v) is 12.2. The molecular formula is C18H15N3O. The number of ether oxygens (including phenoxy) is 1. The van der Waals surface area contributed by atoms with Crippen LogP contribution in [-0.4, -0.2) is 6.61 Å². The third-order valence-corrected chi connectivity index (χ3v) is 3.63. The van der Waals surface area contributed by atoms with E-state index in [1.165, 1.54) is 0 Å². The molecule has 0 N–H and O–H groups in total. The smallest absolute Gasteiger partial charge is 0.276 e. The summed E-state index contributed by atoms with van der Waals surface area (Å²) in [4.78, 5) is 0. The van der Waals surface area contributed by atoms with Crippen LogP contribution in [0.3, 0.4) is 0 Å². The number of nitrogens with zero attached hydrogens (tertiary/aromatic N) is 3. The van der Waals surface area contributed by atoms with Crippen LogP contribution in [0, 0.1) is 0 Å². The first-order chi connectivity index (χ1) is 10.9. The number of hydrogen-bond donors (Lipinski definition) is 0. The third kappa shape index (κ3) is 2.00. The molecule has 0 aliphatic rings. The van der Waals surface area contributed by atoms with Crippen molar-refractivity contribution in [2.45, 2.75) is 6.92 Å². The van der Waals surface area contributed by atoms with E-state index in [9.17, 15) is 0 Å². The fraction of sp³-hybridized carbons (Fsp3) is 0.111. The van der Waals surface area contributed by atoms with Crippen LogP contribution in [0.5, 0.6) is 5.75 Å². The van der Waals surface area contributed by atoms with Gasteiger partial charge in [-0.2, -0.15) is 10.2 Å². The van der Waals surface area contributed by atoms with Crippen LogP contribution in [0.2, 0.25) is 0 Å². The molecule has 0 fully saturated rings. The lowest BCUT2D eigenvalue weighted by Gasteiger charge is -2.02. The monoisotopic (exact) mass is 289 g/mol. The van der Waals surface area contributed by atoms with E-state index < -0.39 is 0 Å². The number of aromatic nitrogens is 2. The summed E-state index contributed by atoms with van der Waals surface area (Å²) in [7, 11) is 0. The van der Waals surface area contributed by atoms with E-state index in [1.807, 2.05) is 55.5 Å². The topological polar surface area (TPSA) is 41.6 Å². The van der Waals surface area contributed by atoms with Gasteiger partial charge in [0.05, 0.1) is 12.0 Å². The van der Waals surface area contributed by atoms with Gasteiger partial charge in [-0.15, -0.1) is 4.48 Å². The van der Waals surface area contributed by atoms with Gasteiger partial charge in [-0.05, 0) is 18.4 Å². The van der Waals surface area contributed by atoms with E-state index in [2.05, 4.69) is 22.3 Å². The van der Waals surface area contributed by atoms with Gasteiger partial charge in [0.1, 0.15) is 0 Å². The van der Waals surface area contributed by atoms with Crippen molar-refractivity contribution in [1.29, 1.82) is 0 Å². The first kappa shape index (κ1) is 12.8. The number of rotatable bonds is 3. The van der Waals surface area contributed by atoms with Crippen molar-refractivity contribution < 1.29 is 9.22 Å². The van der Waals surface area contributed by atoms with Gasteiger partial charge < -0.3 is 4.74 Å². The summed E-state index contributed by atoms with van der Waals surface area (Å²) < 4.78 is 7.45. The average molecular weight is 289 g/mol. The molecule has 0 unspecified atom stereocenters. The lowest BCUT2D eigenvalue weighted by atomic mass is 10.1. The van der Waals surface area contributed by atoms with Gasteiger partial charge in [-0.3, -0.25) is 0 Å². The Morgan fingerprint density at radius 1 is 1.00 bits per heavy atom. The van der Waals surface area contributed by atoms with Crippen LogP contribution in [0.4, 0.5) is 5.69 Å². The van der Waals surface area contributed by atoms with Crippen LogP contribution < -0.4 is 14.3 Å². The highest BCUT2D eigenvalue weighted by Crippen LogP contribution is 2.30. The maximum Gasteiger partial charge on any atom is 0.276 e. The van der Waals surface area contributed by atoms with E-state index in [-0.39, 0.29) is 0 Å². The normalized spacial score (nSPS) is 12.3. The highest BCUT2D eigenvalue weighted by atomic mass is 16.5. The van der Waals surface area contributed by atoms with Gasteiger partial charge in [0.15, 0.2) is 5.75 Å². The maximum atomic E-state index is 5.78. The van der Waals surface area contributed by atoms with Gasteiger partial charge >= 0.3 is 0 Å². The van der Waals surface area contributed by atoms with Crippen molar-refractivity contribution in [2.75, 3.05) is 6.61 Å². The second-order valence-electron chi connectivity index (χ2n) is 5.05. The largest absolute Gasteiger partial charge is 0.487 e. The summed E-state index contributed by atoms with van der Waals surface area (Å²) >= 11 is 0. The first-order valence-corrected chi connectivity index (χ1v) is 7.34. The summed E-state index contributed by atoms with van der Waals surface area (Å²) in [6, 6.07) is 20.0. The van der Waals surface area contributed by atoms with E-state index in [0.717, 1.165) is 33.2 Å². The van der Waals surface area contributed by atoms with Crippen LogP contribution in [0.15, 0.2) is 65.8 Å². The standard InChI is InChI=1S/C18H15N3O/c1-2-22-16-12-11-13-7-6-10-15-17(13)18(16)21(20-15)19-14-8-4-3-5-9-14/h3-12H,2H2,1H3. The average Bonchev–Trinajstić information content (AvgIpc) is 2.91. The van der Waals surface area contributed by atoms with Gasteiger partial charge in [0.25, 0.3) is 5.52 Å². The molecule has 4 aromatic rings. The first-order valence-electron chi connectivity index (χ1n) is 7.34. The Balaban J connectivity index is 2.10. The third-order valence-electron chi connectivity index (χ3n) is 3.63. The SMILES string of the molecule is CCOc1ccc2cccc3[n-][n+](=Nc4ccccc4)c1c23. The highest BCUT2D eigenvalue weighted by Gasteiger charge is 2.16. The quantitative estimate of drug-likeness (QED) is 0.539. The summed E-state index contributed by atoms with van der Waals surface area (Å²) in [6.07, 6.45) is 0. The molecule has 0 amide bonds. The van der Waals surface area contributed by atoms with E-state index >= 15 is 0 Å². The molecule has 0 aliphatic carbocycles. The Morgan fingerprint density at radius 3 is 2.68 bits per heavy atom. The van der Waals surface area contributed by atoms with E-state index in [4.69, 9.17) is 4.74 Å². The fourth-order valence-corrected chi connectivity index (χ4v) is 2.70. The molecule has 0 saturated heterocycles. The van der Waals surface area contributed by atoms with Gasteiger partial charge in [-0.1, -0.05) is 54.6 Å². The molecule has 108 valence electrons. The molecule has 4 heteroatoms. The summed E-state index contributed by atoms with van der Waals surface area (Å²) in [5, 5.41) is 11.5. The minimum Gasteiger partial charge on any atom is -0.487 e. The molecule has 0 saturated carbocycles. The molecule has 1 aromatic heterocycles. The van der Waals surface area contributed by atoms with Crippen molar-refractivity contribution in [1.82, 2.24) is 5.10 Å². The highest BCUT2D eigenvalue weighted by molar-refractivity contribution is 6.07. The summed E-state index contributed by atoms with van der Waals surface area (Å²) in [5.74, 6) is 0.809. The van der Waals surface area contributed by atoms with Crippen LogP contribution in [0.25, 0.3) is 21.8 Å². The van der Waals surface area contributed by atoms with Crippen molar-refractivity contribution >= 4 is 27.5 Å². The number of hydrogen-bond acceptors (Lipinski definition) is 2. The predicted molar refractivity (Wildman–Crippen MR) is 85.7 cm³/mol. The molecular weight excluding hydrogens is 274 g/mol. The molecule has 0 aliphatic heterocycles. The Morgan fingerprint density at radius 2 is 1.86 bits per heavy atom. The molecule has 0 bridgehead atoms. The van der Waals surface area contributed by atoms with Gasteiger partial charge in [0, 0.05) is 11.2 Å². The zero-order valence-electron chi connectivity index (χ0n) is 12.2. The molecule has 22 heavy (non-hydrogen) atoms. The summed E-state index contributed by atoms with van der Waals surface area (Å²) in [5.41, 5.74) is 2.70. The minimum atomic E-state index is 0.611. The Bertz CT molecular complexity index is 989. The van der Waals surface area contributed by atoms with E-state index in [1.54, 1.807) is 4.48 Å². The lowest BCUT2D eigenvalue weighted by Crippen LogP contribution is -2.20. The van der Waals surface area contributed by atoms with Crippen molar-refractivity contribution in [3.63, 3.8) is 0 Å². The summed E-state index contributed by atoms with van der Waals surface area (Å²) in [6.45, 7) is 2.59. The van der Waals surface area contributed by atoms with Gasteiger partial charge in [0.2, 0.25) is 0 Å². The molecule has 0 atom stereocenters. The molecule has 1 heterocycles. The van der Waals surface area contributed by atoms with Crippen LogP contribution >= 0.6 is 0 Å². The Kier molecular flexibility index (Phi) is 3.00. The van der Waals surface area contributed by atoms with Crippen LogP contribution in [-0.2, 0) is 0 Å². The van der Waals surface area contributed by atoms with Crippen molar-refractivity contribution in [3.05, 3.63) is 60.7 Å². The van der Waals surface area contributed by atoms with Crippen LogP contribution in [0.1, 0.15) is 6.92 Å². The molecule has 4 nitrogen and oxygen atoms in total. The molecule has 0 spiro atoms.